The van der Waals surface area contributed by atoms with Crippen LogP contribution < -0.4 is 5.73 Å². The molecule has 0 unspecified atom stereocenters. The molecule has 0 aromatic carbocycles. The van der Waals surface area contributed by atoms with Crippen molar-refractivity contribution in [1.82, 2.24) is 5.16 Å². The lowest BCUT2D eigenvalue weighted by molar-refractivity contribution is 0.425. The van der Waals surface area contributed by atoms with Crippen molar-refractivity contribution >= 4 is 5.88 Å². The van der Waals surface area contributed by atoms with Gasteiger partial charge in [-0.25, -0.2) is 0 Å². The van der Waals surface area contributed by atoms with E-state index in [2.05, 4.69) is 25.9 Å². The second-order valence-corrected chi connectivity index (χ2v) is 5.23. The Hall–Kier alpha value is -0.990. The highest BCUT2D eigenvalue weighted by atomic mass is 16.5. The Kier molecular flexibility index (Phi) is 6.09. The van der Waals surface area contributed by atoms with Crippen LogP contribution in [0.25, 0.3) is 0 Å². The molecule has 0 aliphatic heterocycles. The third-order valence-corrected chi connectivity index (χ3v) is 3.03. The Morgan fingerprint density at radius 2 is 1.88 bits per heavy atom. The van der Waals surface area contributed by atoms with Crippen LogP contribution in [0.5, 0.6) is 0 Å². The quantitative estimate of drug-likeness (QED) is 0.697. The summed E-state index contributed by atoms with van der Waals surface area (Å²) < 4.78 is 5.10. The van der Waals surface area contributed by atoms with Crippen molar-refractivity contribution in [3.05, 3.63) is 11.3 Å². The molecule has 0 aliphatic carbocycles. The summed E-state index contributed by atoms with van der Waals surface area (Å²) in [4.78, 5) is 0. The largest absolute Gasteiger partial charge is 0.367 e. The minimum Gasteiger partial charge on any atom is -0.367 e. The van der Waals surface area contributed by atoms with Gasteiger partial charge in [0.05, 0.1) is 5.69 Å². The number of nitrogen functional groups attached to an aromatic ring is 1. The fraction of sp³-hybridized carbons (Fsp3) is 0.786. The molecular weight excluding hydrogens is 212 g/mol. The highest BCUT2D eigenvalue weighted by Gasteiger charge is 2.14. The SMILES string of the molecule is CCCCCCCc1noc(N)c1CC(C)C. The Balaban J connectivity index is 2.42. The van der Waals surface area contributed by atoms with Gasteiger partial charge in [-0.2, -0.15) is 0 Å². The molecule has 0 saturated carbocycles. The smallest absolute Gasteiger partial charge is 0.225 e. The van der Waals surface area contributed by atoms with E-state index >= 15 is 0 Å². The van der Waals surface area contributed by atoms with Crippen molar-refractivity contribution in [2.75, 3.05) is 5.73 Å². The number of unbranched alkanes of at least 4 members (excludes halogenated alkanes) is 4. The number of nitrogens with two attached hydrogens (primary N) is 1. The molecule has 2 N–H and O–H groups in total. The molecule has 17 heavy (non-hydrogen) atoms. The summed E-state index contributed by atoms with van der Waals surface area (Å²) >= 11 is 0. The lowest BCUT2D eigenvalue weighted by Gasteiger charge is -2.05. The molecule has 0 atom stereocenters. The highest BCUT2D eigenvalue weighted by Crippen LogP contribution is 2.22. The molecule has 0 amide bonds. The second kappa shape index (κ2) is 7.36. The lowest BCUT2D eigenvalue weighted by Crippen LogP contribution is -2.00. The molecule has 0 aliphatic rings. The first-order valence-corrected chi connectivity index (χ1v) is 6.88. The Labute approximate surface area is 105 Å². The Morgan fingerprint density at radius 3 is 2.53 bits per heavy atom. The maximum Gasteiger partial charge on any atom is 0.225 e. The minimum atomic E-state index is 0.516. The molecule has 0 spiro atoms. The van der Waals surface area contributed by atoms with E-state index in [1.165, 1.54) is 32.1 Å². The fourth-order valence-electron chi connectivity index (χ4n) is 2.08. The van der Waals surface area contributed by atoms with Gasteiger partial charge in [0.2, 0.25) is 5.88 Å². The van der Waals surface area contributed by atoms with Gasteiger partial charge >= 0.3 is 0 Å². The molecule has 1 aromatic heterocycles. The number of aromatic nitrogens is 1. The number of hydrogen-bond donors (Lipinski definition) is 1. The lowest BCUT2D eigenvalue weighted by atomic mass is 10.00. The van der Waals surface area contributed by atoms with Crippen LogP contribution in [0.15, 0.2) is 4.52 Å². The maximum absolute atomic E-state index is 5.81. The van der Waals surface area contributed by atoms with Gasteiger partial charge in [-0.1, -0.05) is 51.6 Å². The summed E-state index contributed by atoms with van der Waals surface area (Å²) in [5.41, 5.74) is 8.02. The third-order valence-electron chi connectivity index (χ3n) is 3.03. The average molecular weight is 238 g/mol. The van der Waals surface area contributed by atoms with Crippen molar-refractivity contribution in [1.29, 1.82) is 0 Å². The Morgan fingerprint density at radius 1 is 1.18 bits per heavy atom. The molecule has 0 saturated heterocycles. The summed E-state index contributed by atoms with van der Waals surface area (Å²) in [6.07, 6.45) is 8.39. The number of anilines is 1. The molecule has 0 radical (unpaired) electrons. The first-order chi connectivity index (χ1) is 8.15. The topological polar surface area (TPSA) is 52.0 Å². The van der Waals surface area contributed by atoms with Crippen molar-refractivity contribution in [3.63, 3.8) is 0 Å². The van der Waals surface area contributed by atoms with Crippen LogP contribution in [0.4, 0.5) is 5.88 Å². The van der Waals surface area contributed by atoms with Crippen LogP contribution in [-0.4, -0.2) is 5.16 Å². The molecular formula is C14H26N2O. The van der Waals surface area contributed by atoms with Gasteiger partial charge in [0, 0.05) is 5.56 Å². The van der Waals surface area contributed by atoms with Crippen molar-refractivity contribution in [2.24, 2.45) is 5.92 Å². The van der Waals surface area contributed by atoms with Gasteiger partial charge in [0.15, 0.2) is 0 Å². The van der Waals surface area contributed by atoms with E-state index in [4.69, 9.17) is 10.3 Å². The monoisotopic (exact) mass is 238 g/mol. The minimum absolute atomic E-state index is 0.516. The van der Waals surface area contributed by atoms with E-state index in [1.807, 2.05) is 0 Å². The van der Waals surface area contributed by atoms with Gasteiger partial charge in [-0.3, -0.25) is 0 Å². The summed E-state index contributed by atoms with van der Waals surface area (Å²) in [6.45, 7) is 6.62. The standard InChI is InChI=1S/C14H26N2O/c1-4-5-6-7-8-9-13-12(10-11(2)3)14(15)17-16-13/h11H,4-10,15H2,1-3H3. The number of nitrogens with zero attached hydrogens (tertiary/aromatic N) is 1. The van der Waals surface area contributed by atoms with Crippen molar-refractivity contribution in [2.45, 2.75) is 65.7 Å². The van der Waals surface area contributed by atoms with Crippen LogP contribution in [0.3, 0.4) is 0 Å². The summed E-state index contributed by atoms with van der Waals surface area (Å²) in [5, 5.41) is 4.09. The van der Waals surface area contributed by atoms with Gasteiger partial charge in [0.1, 0.15) is 0 Å². The van der Waals surface area contributed by atoms with Gasteiger partial charge < -0.3 is 10.3 Å². The molecule has 1 rings (SSSR count). The van der Waals surface area contributed by atoms with Crippen molar-refractivity contribution < 1.29 is 4.52 Å². The zero-order chi connectivity index (χ0) is 12.7. The van der Waals surface area contributed by atoms with E-state index < -0.39 is 0 Å². The van der Waals surface area contributed by atoms with Crippen LogP contribution in [-0.2, 0) is 12.8 Å². The zero-order valence-corrected chi connectivity index (χ0v) is 11.5. The van der Waals surface area contributed by atoms with E-state index in [-0.39, 0.29) is 0 Å². The molecule has 98 valence electrons. The van der Waals surface area contributed by atoms with Gasteiger partial charge in [-0.05, 0) is 25.2 Å². The summed E-state index contributed by atoms with van der Waals surface area (Å²) in [5.74, 6) is 1.11. The molecule has 3 heteroatoms. The van der Waals surface area contributed by atoms with Crippen LogP contribution in [0.2, 0.25) is 0 Å². The summed E-state index contributed by atoms with van der Waals surface area (Å²) in [6, 6.07) is 0. The van der Waals surface area contributed by atoms with Crippen LogP contribution in [0.1, 0.15) is 64.1 Å². The van der Waals surface area contributed by atoms with Crippen molar-refractivity contribution in [3.8, 4) is 0 Å². The van der Waals surface area contributed by atoms with E-state index in [9.17, 15) is 0 Å². The number of rotatable bonds is 8. The Bertz CT molecular complexity index is 318. The molecule has 0 bridgehead atoms. The maximum atomic E-state index is 5.81. The molecule has 3 nitrogen and oxygen atoms in total. The van der Waals surface area contributed by atoms with E-state index in [0.29, 0.717) is 11.8 Å². The van der Waals surface area contributed by atoms with Gasteiger partial charge in [-0.15, -0.1) is 0 Å². The molecule has 0 fully saturated rings. The van der Waals surface area contributed by atoms with Crippen LogP contribution in [0, 0.1) is 5.92 Å². The number of aryl methyl sites for hydroxylation is 1. The van der Waals surface area contributed by atoms with E-state index in [1.54, 1.807) is 0 Å². The highest BCUT2D eigenvalue weighted by molar-refractivity contribution is 5.39. The van der Waals surface area contributed by atoms with Gasteiger partial charge in [0.25, 0.3) is 0 Å². The average Bonchev–Trinajstić information content (AvgIpc) is 2.60. The number of hydrogen-bond acceptors (Lipinski definition) is 3. The first-order valence-electron chi connectivity index (χ1n) is 6.88. The second-order valence-electron chi connectivity index (χ2n) is 5.23. The molecule has 1 aromatic rings. The fourth-order valence-corrected chi connectivity index (χ4v) is 2.08. The van der Waals surface area contributed by atoms with Crippen LogP contribution >= 0.6 is 0 Å². The zero-order valence-electron chi connectivity index (χ0n) is 11.5. The first kappa shape index (κ1) is 14.1. The third kappa shape index (κ3) is 4.80. The van der Waals surface area contributed by atoms with E-state index in [0.717, 1.165) is 24.1 Å². The predicted molar refractivity (Wildman–Crippen MR) is 71.9 cm³/mol. The predicted octanol–water partition coefficient (Wildman–Crippen LogP) is 3.97. The summed E-state index contributed by atoms with van der Waals surface area (Å²) in [7, 11) is 0. The normalized spacial score (nSPS) is 11.3. The molecule has 1 heterocycles.